The Morgan fingerprint density at radius 1 is 1.19 bits per heavy atom. The third kappa shape index (κ3) is 3.25. The van der Waals surface area contributed by atoms with Crippen LogP contribution in [0.2, 0.25) is 0 Å². The number of hydrogen-bond acceptors (Lipinski definition) is 5. The van der Waals surface area contributed by atoms with Crippen LogP contribution in [0.1, 0.15) is 15.9 Å². The zero-order valence-corrected chi connectivity index (χ0v) is 13.3. The predicted octanol–water partition coefficient (Wildman–Crippen LogP) is 0.718. The average molecular weight is 312 g/mol. The van der Waals surface area contributed by atoms with E-state index in [1.54, 1.807) is 19.1 Å². The number of esters is 1. The van der Waals surface area contributed by atoms with Crippen molar-refractivity contribution in [1.82, 2.24) is 9.21 Å². The van der Waals surface area contributed by atoms with Crippen LogP contribution in [-0.4, -0.2) is 63.9 Å². The molecule has 0 amide bonds. The summed E-state index contributed by atoms with van der Waals surface area (Å²) in [6, 6.07) is 4.61. The SMILES string of the molecule is COC(=O)c1ccc(C)c(S(=O)(=O)N2CCN(C)CC2)c1. The van der Waals surface area contributed by atoms with Crippen molar-refractivity contribution < 1.29 is 17.9 Å². The lowest BCUT2D eigenvalue weighted by molar-refractivity contribution is 0.0600. The third-order valence-corrected chi connectivity index (χ3v) is 5.73. The van der Waals surface area contributed by atoms with Gasteiger partial charge in [-0.05, 0) is 31.7 Å². The highest BCUT2D eigenvalue weighted by atomic mass is 32.2. The van der Waals surface area contributed by atoms with Crippen molar-refractivity contribution in [3.8, 4) is 0 Å². The predicted molar refractivity (Wildman–Crippen MR) is 78.8 cm³/mol. The number of sulfonamides is 1. The molecule has 0 aliphatic carbocycles. The number of hydrogen-bond donors (Lipinski definition) is 0. The molecule has 0 radical (unpaired) electrons. The Morgan fingerprint density at radius 2 is 1.81 bits per heavy atom. The van der Waals surface area contributed by atoms with E-state index < -0.39 is 16.0 Å². The Bertz CT molecular complexity index is 634. The minimum atomic E-state index is -3.58. The van der Waals surface area contributed by atoms with Crippen LogP contribution >= 0.6 is 0 Å². The molecule has 2 rings (SSSR count). The third-order valence-electron chi connectivity index (χ3n) is 3.69. The van der Waals surface area contributed by atoms with Crippen LogP contribution in [0.15, 0.2) is 23.1 Å². The molecule has 1 aliphatic rings. The maximum atomic E-state index is 12.7. The van der Waals surface area contributed by atoms with Gasteiger partial charge < -0.3 is 9.64 Å². The molecule has 0 saturated carbocycles. The van der Waals surface area contributed by atoms with Gasteiger partial charge >= 0.3 is 5.97 Å². The van der Waals surface area contributed by atoms with E-state index in [1.165, 1.54) is 17.5 Å². The van der Waals surface area contributed by atoms with Crippen molar-refractivity contribution in [3.05, 3.63) is 29.3 Å². The van der Waals surface area contributed by atoms with Crippen molar-refractivity contribution in [2.24, 2.45) is 0 Å². The summed E-state index contributed by atoms with van der Waals surface area (Å²) in [6.07, 6.45) is 0. The van der Waals surface area contributed by atoms with E-state index in [-0.39, 0.29) is 10.5 Å². The fraction of sp³-hybridized carbons (Fsp3) is 0.500. The Morgan fingerprint density at radius 3 is 2.38 bits per heavy atom. The maximum Gasteiger partial charge on any atom is 0.337 e. The minimum Gasteiger partial charge on any atom is -0.465 e. The number of aryl methyl sites for hydroxylation is 1. The lowest BCUT2D eigenvalue weighted by Crippen LogP contribution is -2.47. The van der Waals surface area contributed by atoms with E-state index in [9.17, 15) is 13.2 Å². The molecule has 6 nitrogen and oxygen atoms in total. The summed E-state index contributed by atoms with van der Waals surface area (Å²) in [5, 5.41) is 0. The quantitative estimate of drug-likeness (QED) is 0.769. The van der Waals surface area contributed by atoms with Gasteiger partial charge in [-0.15, -0.1) is 0 Å². The zero-order chi connectivity index (χ0) is 15.6. The van der Waals surface area contributed by atoms with E-state index in [1.807, 2.05) is 7.05 Å². The molecule has 0 aromatic heterocycles. The largest absolute Gasteiger partial charge is 0.465 e. The first-order valence-electron chi connectivity index (χ1n) is 6.74. The van der Waals surface area contributed by atoms with E-state index >= 15 is 0 Å². The first-order valence-corrected chi connectivity index (χ1v) is 8.18. The van der Waals surface area contributed by atoms with Gasteiger partial charge in [0, 0.05) is 26.2 Å². The Balaban J connectivity index is 2.37. The highest BCUT2D eigenvalue weighted by Crippen LogP contribution is 2.22. The van der Waals surface area contributed by atoms with Crippen LogP contribution in [0.25, 0.3) is 0 Å². The molecular formula is C14H20N2O4S. The summed E-state index contributed by atoms with van der Waals surface area (Å²) in [7, 11) is -0.341. The molecule has 1 aliphatic heterocycles. The van der Waals surface area contributed by atoms with Gasteiger partial charge in [0.15, 0.2) is 0 Å². The number of likely N-dealkylation sites (N-methyl/N-ethyl adjacent to an activating group) is 1. The van der Waals surface area contributed by atoms with Gasteiger partial charge in [-0.25, -0.2) is 13.2 Å². The number of benzene rings is 1. The zero-order valence-electron chi connectivity index (χ0n) is 12.5. The second-order valence-electron chi connectivity index (χ2n) is 5.18. The smallest absolute Gasteiger partial charge is 0.337 e. The first kappa shape index (κ1) is 15.9. The summed E-state index contributed by atoms with van der Waals surface area (Å²) in [5.74, 6) is -0.537. The van der Waals surface area contributed by atoms with Crippen molar-refractivity contribution in [3.63, 3.8) is 0 Å². The van der Waals surface area contributed by atoms with E-state index in [0.717, 1.165) is 0 Å². The molecule has 0 atom stereocenters. The number of rotatable bonds is 3. The molecule has 0 N–H and O–H groups in total. The molecular weight excluding hydrogens is 292 g/mol. The fourth-order valence-electron chi connectivity index (χ4n) is 2.29. The molecule has 0 bridgehead atoms. The van der Waals surface area contributed by atoms with Crippen LogP contribution < -0.4 is 0 Å². The number of ether oxygens (including phenoxy) is 1. The van der Waals surface area contributed by atoms with Gasteiger partial charge in [0.05, 0.1) is 17.6 Å². The molecule has 0 spiro atoms. The molecule has 1 aromatic rings. The molecule has 1 aromatic carbocycles. The summed E-state index contributed by atoms with van der Waals surface area (Å²) >= 11 is 0. The molecule has 21 heavy (non-hydrogen) atoms. The second kappa shape index (κ2) is 6.13. The van der Waals surface area contributed by atoms with Crippen molar-refractivity contribution in [2.45, 2.75) is 11.8 Å². The average Bonchev–Trinajstić information content (AvgIpc) is 2.47. The number of nitrogens with zero attached hydrogens (tertiary/aromatic N) is 2. The van der Waals surface area contributed by atoms with Gasteiger partial charge in [-0.1, -0.05) is 6.07 Å². The number of carbonyl (C=O) groups excluding carboxylic acids is 1. The Labute approximate surface area is 125 Å². The summed E-state index contributed by atoms with van der Waals surface area (Å²) in [5.41, 5.74) is 0.873. The lowest BCUT2D eigenvalue weighted by Gasteiger charge is -2.31. The summed E-state index contributed by atoms with van der Waals surface area (Å²) in [6.45, 7) is 4.05. The Hall–Kier alpha value is -1.44. The highest BCUT2D eigenvalue weighted by molar-refractivity contribution is 7.89. The lowest BCUT2D eigenvalue weighted by atomic mass is 10.1. The van der Waals surface area contributed by atoms with Gasteiger partial charge in [-0.3, -0.25) is 0 Å². The number of methoxy groups -OCH3 is 1. The molecule has 1 heterocycles. The van der Waals surface area contributed by atoms with Gasteiger partial charge in [0.2, 0.25) is 10.0 Å². The minimum absolute atomic E-state index is 0.176. The molecule has 1 saturated heterocycles. The van der Waals surface area contributed by atoms with Crippen LogP contribution in [0, 0.1) is 6.92 Å². The monoisotopic (exact) mass is 312 g/mol. The van der Waals surface area contributed by atoms with E-state index in [4.69, 9.17) is 0 Å². The molecule has 116 valence electrons. The van der Waals surface area contributed by atoms with Crippen LogP contribution in [0.4, 0.5) is 0 Å². The summed E-state index contributed by atoms with van der Waals surface area (Å²) < 4.78 is 31.6. The van der Waals surface area contributed by atoms with Crippen molar-refractivity contribution in [1.29, 1.82) is 0 Å². The topological polar surface area (TPSA) is 66.9 Å². The van der Waals surface area contributed by atoms with Gasteiger partial charge in [0.25, 0.3) is 0 Å². The van der Waals surface area contributed by atoms with Crippen LogP contribution in [0.3, 0.4) is 0 Å². The second-order valence-corrected chi connectivity index (χ2v) is 7.09. The van der Waals surface area contributed by atoms with Gasteiger partial charge in [0.1, 0.15) is 0 Å². The first-order chi connectivity index (χ1) is 9.86. The van der Waals surface area contributed by atoms with E-state index in [2.05, 4.69) is 9.64 Å². The van der Waals surface area contributed by atoms with Crippen molar-refractivity contribution >= 4 is 16.0 Å². The number of carbonyl (C=O) groups is 1. The van der Waals surface area contributed by atoms with Crippen LogP contribution in [-0.2, 0) is 14.8 Å². The van der Waals surface area contributed by atoms with Gasteiger partial charge in [-0.2, -0.15) is 4.31 Å². The molecule has 0 unspecified atom stereocenters. The maximum absolute atomic E-state index is 12.7. The standard InChI is InChI=1S/C14H20N2O4S/c1-11-4-5-12(14(17)20-3)10-13(11)21(18,19)16-8-6-15(2)7-9-16/h4-5,10H,6-9H2,1-3H3. The fourth-order valence-corrected chi connectivity index (χ4v) is 3.96. The Kier molecular flexibility index (Phi) is 4.65. The number of piperazine rings is 1. The normalized spacial score (nSPS) is 17.7. The van der Waals surface area contributed by atoms with Crippen molar-refractivity contribution in [2.75, 3.05) is 40.3 Å². The molecule has 1 fully saturated rings. The summed E-state index contributed by atoms with van der Waals surface area (Å²) in [4.78, 5) is 13.8. The highest BCUT2D eigenvalue weighted by Gasteiger charge is 2.29. The van der Waals surface area contributed by atoms with E-state index in [0.29, 0.717) is 31.7 Å². The van der Waals surface area contributed by atoms with Crippen LogP contribution in [0.5, 0.6) is 0 Å². The molecule has 7 heteroatoms.